The normalized spacial score (nSPS) is 26.8. The van der Waals surface area contributed by atoms with E-state index >= 15 is 0 Å². The second-order valence-corrected chi connectivity index (χ2v) is 5.30. The van der Waals surface area contributed by atoms with Crippen molar-refractivity contribution < 1.29 is 9.47 Å². The molecule has 4 nitrogen and oxygen atoms in total. The summed E-state index contributed by atoms with van der Waals surface area (Å²) in [7, 11) is 0. The first-order chi connectivity index (χ1) is 9.29. The maximum absolute atomic E-state index is 6.29. The minimum atomic E-state index is 0.0440. The zero-order valence-corrected chi connectivity index (χ0v) is 11.5. The highest BCUT2D eigenvalue weighted by atomic mass is 16.5. The van der Waals surface area contributed by atoms with Crippen LogP contribution in [-0.2, 0) is 0 Å². The first-order valence-electron chi connectivity index (χ1n) is 7.18. The second-order valence-electron chi connectivity index (χ2n) is 5.30. The highest BCUT2D eigenvalue weighted by Gasteiger charge is 2.34. The molecular weight excluding hydrogens is 240 g/mol. The van der Waals surface area contributed by atoms with Crippen molar-refractivity contribution in [3.63, 3.8) is 0 Å². The molecule has 19 heavy (non-hydrogen) atoms. The third-order valence-corrected chi connectivity index (χ3v) is 3.98. The van der Waals surface area contributed by atoms with E-state index in [1.807, 2.05) is 19.1 Å². The Morgan fingerprint density at radius 2 is 2.16 bits per heavy atom. The summed E-state index contributed by atoms with van der Waals surface area (Å²) >= 11 is 0. The monoisotopic (exact) mass is 262 g/mol. The Balaban J connectivity index is 1.94. The molecule has 1 aromatic carbocycles. The van der Waals surface area contributed by atoms with E-state index < -0.39 is 0 Å². The van der Waals surface area contributed by atoms with E-state index in [1.165, 1.54) is 18.4 Å². The van der Waals surface area contributed by atoms with Gasteiger partial charge >= 0.3 is 0 Å². The number of hydrogen-bond acceptors (Lipinski definition) is 4. The van der Waals surface area contributed by atoms with Crippen LogP contribution in [0.1, 0.15) is 31.4 Å². The van der Waals surface area contributed by atoms with Crippen LogP contribution in [0.3, 0.4) is 0 Å². The Labute approximate surface area is 114 Å². The maximum Gasteiger partial charge on any atom is 0.124 e. The van der Waals surface area contributed by atoms with E-state index in [9.17, 15) is 0 Å². The van der Waals surface area contributed by atoms with Crippen LogP contribution in [0, 0.1) is 0 Å². The maximum atomic E-state index is 6.29. The van der Waals surface area contributed by atoms with Gasteiger partial charge in [-0.15, -0.1) is 0 Å². The van der Waals surface area contributed by atoms with Gasteiger partial charge in [0.2, 0.25) is 0 Å². The highest BCUT2D eigenvalue weighted by molar-refractivity contribution is 5.44. The first-order valence-corrected chi connectivity index (χ1v) is 7.18. The minimum Gasteiger partial charge on any atom is -0.494 e. The van der Waals surface area contributed by atoms with Gasteiger partial charge < -0.3 is 15.2 Å². The van der Waals surface area contributed by atoms with Crippen molar-refractivity contribution in [2.75, 3.05) is 26.3 Å². The molecule has 2 atom stereocenters. The molecule has 0 spiro atoms. The molecule has 3 rings (SSSR count). The molecule has 2 heterocycles. The first kappa shape index (κ1) is 12.8. The molecule has 2 aliphatic heterocycles. The number of fused-ring (bicyclic) bond motifs is 1. The number of rotatable bonds is 3. The summed E-state index contributed by atoms with van der Waals surface area (Å²) in [6.07, 6.45) is 2.54. The summed E-state index contributed by atoms with van der Waals surface area (Å²) in [5.41, 5.74) is 7.48. The van der Waals surface area contributed by atoms with Crippen LogP contribution >= 0.6 is 0 Å². The molecule has 2 aliphatic rings. The van der Waals surface area contributed by atoms with Gasteiger partial charge in [0.15, 0.2) is 0 Å². The quantitative estimate of drug-likeness (QED) is 0.904. The largest absolute Gasteiger partial charge is 0.494 e. The fraction of sp³-hybridized carbons (Fsp3) is 0.600. The van der Waals surface area contributed by atoms with Crippen LogP contribution in [0.5, 0.6) is 11.5 Å². The van der Waals surface area contributed by atoms with Crippen LogP contribution in [0.25, 0.3) is 0 Å². The van der Waals surface area contributed by atoms with Gasteiger partial charge in [0.25, 0.3) is 0 Å². The summed E-state index contributed by atoms with van der Waals surface area (Å²) < 4.78 is 11.4. The number of nitrogens with zero attached hydrogens (tertiary/aromatic N) is 1. The van der Waals surface area contributed by atoms with Crippen molar-refractivity contribution in [3.05, 3.63) is 23.8 Å². The Kier molecular flexibility index (Phi) is 3.62. The van der Waals surface area contributed by atoms with Gasteiger partial charge in [-0.3, -0.25) is 4.90 Å². The molecule has 0 saturated carbocycles. The third-order valence-electron chi connectivity index (χ3n) is 3.98. The fourth-order valence-corrected chi connectivity index (χ4v) is 3.14. The van der Waals surface area contributed by atoms with E-state index in [-0.39, 0.29) is 12.1 Å². The number of benzene rings is 1. The third kappa shape index (κ3) is 2.42. The second kappa shape index (κ2) is 5.39. The fourth-order valence-electron chi connectivity index (χ4n) is 3.14. The van der Waals surface area contributed by atoms with Crippen molar-refractivity contribution in [1.29, 1.82) is 0 Å². The number of hydrogen-bond donors (Lipinski definition) is 1. The molecule has 104 valence electrons. The smallest absolute Gasteiger partial charge is 0.124 e. The summed E-state index contributed by atoms with van der Waals surface area (Å²) in [4.78, 5) is 2.49. The zero-order valence-electron chi connectivity index (χ0n) is 11.5. The lowest BCUT2D eigenvalue weighted by atomic mass is 9.95. The summed E-state index contributed by atoms with van der Waals surface area (Å²) in [5.74, 6) is 1.87. The lowest BCUT2D eigenvalue weighted by Crippen LogP contribution is -2.46. The van der Waals surface area contributed by atoms with E-state index in [1.54, 1.807) is 0 Å². The van der Waals surface area contributed by atoms with Gasteiger partial charge in [-0.05, 0) is 51.1 Å². The zero-order chi connectivity index (χ0) is 13.2. The van der Waals surface area contributed by atoms with Crippen molar-refractivity contribution in [2.24, 2.45) is 5.73 Å². The molecule has 0 aliphatic carbocycles. The van der Waals surface area contributed by atoms with E-state index in [0.29, 0.717) is 13.2 Å². The highest BCUT2D eigenvalue weighted by Crippen LogP contribution is 2.39. The molecule has 2 N–H and O–H groups in total. The number of likely N-dealkylation sites (tertiary alicyclic amines) is 1. The topological polar surface area (TPSA) is 47.7 Å². The average Bonchev–Trinajstić information content (AvgIpc) is 2.92. The summed E-state index contributed by atoms with van der Waals surface area (Å²) in [6, 6.07) is 6.39. The number of ether oxygens (including phenoxy) is 2. The van der Waals surface area contributed by atoms with Crippen molar-refractivity contribution in [2.45, 2.75) is 31.8 Å². The number of nitrogens with two attached hydrogens (primary N) is 1. The van der Waals surface area contributed by atoms with E-state index in [2.05, 4.69) is 11.0 Å². The Hall–Kier alpha value is -1.26. The van der Waals surface area contributed by atoms with Crippen molar-refractivity contribution in [1.82, 2.24) is 4.90 Å². The molecule has 0 amide bonds. The van der Waals surface area contributed by atoms with Crippen LogP contribution in [0.4, 0.5) is 0 Å². The molecule has 0 aromatic heterocycles. The minimum absolute atomic E-state index is 0.0440. The van der Waals surface area contributed by atoms with Crippen LogP contribution in [0.15, 0.2) is 18.2 Å². The molecule has 4 heteroatoms. The molecule has 1 saturated heterocycles. The van der Waals surface area contributed by atoms with Crippen molar-refractivity contribution in [3.8, 4) is 11.5 Å². The van der Waals surface area contributed by atoms with Gasteiger partial charge in [0.05, 0.1) is 18.7 Å². The molecule has 1 fully saturated rings. The van der Waals surface area contributed by atoms with E-state index in [4.69, 9.17) is 15.2 Å². The Bertz CT molecular complexity index is 444. The standard InChI is InChI=1S/C15H22N2O2/c1-2-18-11-5-6-14-12(9-11)15(13(16)10-19-14)17-7-3-4-8-17/h5-6,9,13,15H,2-4,7-8,10,16H2,1H3. The molecule has 0 radical (unpaired) electrons. The van der Waals surface area contributed by atoms with Gasteiger partial charge in [0, 0.05) is 5.56 Å². The van der Waals surface area contributed by atoms with Crippen molar-refractivity contribution >= 4 is 0 Å². The Morgan fingerprint density at radius 1 is 1.37 bits per heavy atom. The molecular formula is C15H22N2O2. The molecule has 2 unspecified atom stereocenters. The summed E-state index contributed by atoms with van der Waals surface area (Å²) in [6.45, 7) is 5.55. The van der Waals surface area contributed by atoms with Gasteiger partial charge in [0.1, 0.15) is 18.1 Å². The lowest BCUT2D eigenvalue weighted by molar-refractivity contribution is 0.140. The Morgan fingerprint density at radius 3 is 2.89 bits per heavy atom. The van der Waals surface area contributed by atoms with Gasteiger partial charge in [-0.2, -0.15) is 0 Å². The van der Waals surface area contributed by atoms with Crippen LogP contribution in [0.2, 0.25) is 0 Å². The molecule has 1 aromatic rings. The van der Waals surface area contributed by atoms with Crippen LogP contribution in [-0.4, -0.2) is 37.2 Å². The average molecular weight is 262 g/mol. The van der Waals surface area contributed by atoms with Gasteiger partial charge in [-0.25, -0.2) is 0 Å². The predicted molar refractivity (Wildman–Crippen MR) is 74.6 cm³/mol. The van der Waals surface area contributed by atoms with Crippen LogP contribution < -0.4 is 15.2 Å². The summed E-state index contributed by atoms with van der Waals surface area (Å²) in [5, 5.41) is 0. The lowest BCUT2D eigenvalue weighted by Gasteiger charge is -2.37. The van der Waals surface area contributed by atoms with E-state index in [0.717, 1.165) is 24.6 Å². The SMILES string of the molecule is CCOc1ccc2c(c1)C(N1CCCC1)C(N)CO2. The van der Waals surface area contributed by atoms with Gasteiger partial charge in [-0.1, -0.05) is 0 Å². The molecule has 0 bridgehead atoms. The predicted octanol–water partition coefficient (Wildman–Crippen LogP) is 1.94.